The molecular formula is C20H22FN3O3. The Balaban J connectivity index is 1.49. The lowest BCUT2D eigenvalue weighted by Crippen LogP contribution is -2.41. The van der Waals surface area contributed by atoms with Gasteiger partial charge in [0.25, 0.3) is 11.8 Å². The van der Waals surface area contributed by atoms with Gasteiger partial charge < -0.3 is 15.0 Å². The summed E-state index contributed by atoms with van der Waals surface area (Å²) >= 11 is 0. The summed E-state index contributed by atoms with van der Waals surface area (Å²) in [5.74, 6) is 0.362. The van der Waals surface area contributed by atoms with E-state index in [0.29, 0.717) is 30.0 Å². The van der Waals surface area contributed by atoms with Crippen molar-refractivity contribution in [1.29, 1.82) is 0 Å². The van der Waals surface area contributed by atoms with Crippen molar-refractivity contribution in [3.8, 4) is 5.75 Å². The minimum absolute atomic E-state index is 0.00736. The van der Waals surface area contributed by atoms with Crippen LogP contribution in [0.25, 0.3) is 0 Å². The molecule has 1 aromatic heterocycles. The summed E-state index contributed by atoms with van der Waals surface area (Å²) < 4.78 is 18.1. The lowest BCUT2D eigenvalue weighted by molar-refractivity contribution is 0.0595. The standard InChI is InChI=1S/C20H22FN3O3/c21-9-11-23-19(25)15-3-5-17(6-4-15)27-18-7-12-24(13-8-18)20(26)16-2-1-10-22-14-16/h1-6,10,14,18H,7-9,11-13H2,(H,23,25). The molecule has 1 aliphatic rings. The van der Waals surface area contributed by atoms with Crippen molar-refractivity contribution in [3.63, 3.8) is 0 Å². The number of piperidine rings is 1. The third-order valence-corrected chi connectivity index (χ3v) is 4.44. The summed E-state index contributed by atoms with van der Waals surface area (Å²) in [6.45, 7) is 0.673. The molecule has 0 spiro atoms. The normalized spacial score (nSPS) is 14.6. The summed E-state index contributed by atoms with van der Waals surface area (Å²) in [6, 6.07) is 10.3. The van der Waals surface area contributed by atoms with E-state index in [4.69, 9.17) is 4.74 Å². The molecule has 3 rings (SSSR count). The third-order valence-electron chi connectivity index (χ3n) is 4.44. The topological polar surface area (TPSA) is 71.5 Å². The second-order valence-electron chi connectivity index (χ2n) is 6.32. The van der Waals surface area contributed by atoms with Crippen LogP contribution in [-0.2, 0) is 0 Å². The first-order valence-electron chi connectivity index (χ1n) is 8.97. The molecule has 0 aliphatic carbocycles. The van der Waals surface area contributed by atoms with Gasteiger partial charge in [0.2, 0.25) is 0 Å². The number of hydrogen-bond acceptors (Lipinski definition) is 4. The first kappa shape index (κ1) is 18.8. The number of rotatable bonds is 6. The van der Waals surface area contributed by atoms with E-state index in [9.17, 15) is 14.0 Å². The lowest BCUT2D eigenvalue weighted by Gasteiger charge is -2.32. The Morgan fingerprint density at radius 3 is 2.52 bits per heavy atom. The highest BCUT2D eigenvalue weighted by atomic mass is 19.1. The highest BCUT2D eigenvalue weighted by Crippen LogP contribution is 2.20. The van der Waals surface area contributed by atoms with Gasteiger partial charge in [0.05, 0.1) is 5.56 Å². The average molecular weight is 371 g/mol. The van der Waals surface area contributed by atoms with Crippen molar-refractivity contribution in [2.24, 2.45) is 0 Å². The zero-order chi connectivity index (χ0) is 19.1. The smallest absolute Gasteiger partial charge is 0.255 e. The molecule has 7 heteroatoms. The van der Waals surface area contributed by atoms with Gasteiger partial charge in [-0.1, -0.05) is 0 Å². The summed E-state index contributed by atoms with van der Waals surface area (Å²) in [6.07, 6.45) is 4.73. The molecule has 6 nitrogen and oxygen atoms in total. The molecule has 0 bridgehead atoms. The first-order chi connectivity index (χ1) is 13.2. The molecule has 0 atom stereocenters. The van der Waals surface area contributed by atoms with E-state index >= 15 is 0 Å². The minimum atomic E-state index is -0.588. The molecule has 1 N–H and O–H groups in total. The lowest BCUT2D eigenvalue weighted by atomic mass is 10.1. The monoisotopic (exact) mass is 371 g/mol. The van der Waals surface area contributed by atoms with Gasteiger partial charge in [-0.3, -0.25) is 14.6 Å². The van der Waals surface area contributed by atoms with Crippen molar-refractivity contribution >= 4 is 11.8 Å². The number of halogens is 1. The van der Waals surface area contributed by atoms with Crippen LogP contribution in [0, 0.1) is 0 Å². The number of likely N-dealkylation sites (tertiary alicyclic amines) is 1. The van der Waals surface area contributed by atoms with Gasteiger partial charge in [0.1, 0.15) is 18.5 Å². The molecule has 2 heterocycles. The molecule has 1 fully saturated rings. The fourth-order valence-corrected chi connectivity index (χ4v) is 2.99. The number of aromatic nitrogens is 1. The highest BCUT2D eigenvalue weighted by molar-refractivity contribution is 5.94. The van der Waals surface area contributed by atoms with E-state index in [0.717, 1.165) is 12.8 Å². The summed E-state index contributed by atoms with van der Waals surface area (Å²) in [5, 5.41) is 2.48. The second-order valence-corrected chi connectivity index (χ2v) is 6.32. The summed E-state index contributed by atoms with van der Waals surface area (Å²) in [7, 11) is 0. The molecule has 1 aliphatic heterocycles. The molecule has 0 radical (unpaired) electrons. The van der Waals surface area contributed by atoms with Gasteiger partial charge >= 0.3 is 0 Å². The van der Waals surface area contributed by atoms with Crippen molar-refractivity contribution in [1.82, 2.24) is 15.2 Å². The van der Waals surface area contributed by atoms with Crippen LogP contribution in [-0.4, -0.2) is 54.1 Å². The Kier molecular flexibility index (Phi) is 6.35. The van der Waals surface area contributed by atoms with Gasteiger partial charge in [-0.2, -0.15) is 0 Å². The predicted octanol–water partition coefficient (Wildman–Crippen LogP) is 2.46. The Morgan fingerprint density at radius 1 is 1.15 bits per heavy atom. The van der Waals surface area contributed by atoms with E-state index < -0.39 is 6.67 Å². The SMILES string of the molecule is O=C(NCCF)c1ccc(OC2CCN(C(=O)c3cccnc3)CC2)cc1. The van der Waals surface area contributed by atoms with E-state index in [1.807, 2.05) is 4.90 Å². The second kappa shape index (κ2) is 9.12. The van der Waals surface area contributed by atoms with Gasteiger partial charge in [-0.15, -0.1) is 0 Å². The third kappa shape index (κ3) is 5.03. The zero-order valence-electron chi connectivity index (χ0n) is 14.9. The van der Waals surface area contributed by atoms with E-state index in [-0.39, 0.29) is 24.5 Å². The maximum atomic E-state index is 12.4. The molecular weight excluding hydrogens is 349 g/mol. The van der Waals surface area contributed by atoms with Crippen LogP contribution in [0.4, 0.5) is 4.39 Å². The van der Waals surface area contributed by atoms with Crippen LogP contribution in [0.15, 0.2) is 48.8 Å². The maximum Gasteiger partial charge on any atom is 0.255 e. The molecule has 0 saturated carbocycles. The Hall–Kier alpha value is -2.96. The van der Waals surface area contributed by atoms with E-state index in [1.54, 1.807) is 48.8 Å². The molecule has 0 unspecified atom stereocenters. The highest BCUT2D eigenvalue weighted by Gasteiger charge is 2.24. The van der Waals surface area contributed by atoms with Crippen molar-refractivity contribution < 1.29 is 18.7 Å². The van der Waals surface area contributed by atoms with Crippen LogP contribution in [0.2, 0.25) is 0 Å². The van der Waals surface area contributed by atoms with Crippen LogP contribution in [0.3, 0.4) is 0 Å². The molecule has 2 aromatic rings. The number of carbonyl (C=O) groups excluding carboxylic acids is 2. The number of carbonyl (C=O) groups is 2. The molecule has 27 heavy (non-hydrogen) atoms. The summed E-state index contributed by atoms with van der Waals surface area (Å²) in [4.78, 5) is 30.0. The van der Waals surface area contributed by atoms with Crippen molar-refractivity contribution in [2.45, 2.75) is 18.9 Å². The number of hydrogen-bond donors (Lipinski definition) is 1. The number of alkyl halides is 1. The largest absolute Gasteiger partial charge is 0.490 e. The van der Waals surface area contributed by atoms with Crippen molar-refractivity contribution in [3.05, 3.63) is 59.9 Å². The number of ether oxygens (including phenoxy) is 1. The number of nitrogens with zero attached hydrogens (tertiary/aromatic N) is 2. The fourth-order valence-electron chi connectivity index (χ4n) is 2.99. The Morgan fingerprint density at radius 2 is 1.89 bits per heavy atom. The zero-order valence-corrected chi connectivity index (χ0v) is 14.9. The molecule has 142 valence electrons. The van der Waals surface area contributed by atoms with Gasteiger partial charge in [-0.05, 0) is 36.4 Å². The number of pyridine rings is 1. The number of amides is 2. The summed E-state index contributed by atoms with van der Waals surface area (Å²) in [5.41, 5.74) is 1.06. The first-order valence-corrected chi connectivity index (χ1v) is 8.97. The molecule has 1 saturated heterocycles. The number of nitrogens with one attached hydrogen (secondary N) is 1. The van der Waals surface area contributed by atoms with Crippen LogP contribution in [0.1, 0.15) is 33.6 Å². The van der Waals surface area contributed by atoms with Crippen LogP contribution >= 0.6 is 0 Å². The quantitative estimate of drug-likeness (QED) is 0.847. The van der Waals surface area contributed by atoms with E-state index in [2.05, 4.69) is 10.3 Å². The van der Waals surface area contributed by atoms with Crippen LogP contribution in [0.5, 0.6) is 5.75 Å². The average Bonchev–Trinajstić information content (AvgIpc) is 2.73. The van der Waals surface area contributed by atoms with Crippen molar-refractivity contribution in [2.75, 3.05) is 26.3 Å². The van der Waals surface area contributed by atoms with Gasteiger partial charge in [-0.25, -0.2) is 4.39 Å². The molecule has 2 amide bonds. The van der Waals surface area contributed by atoms with Gasteiger partial charge in [0, 0.05) is 50.4 Å². The Bertz CT molecular complexity index is 760. The molecule has 1 aromatic carbocycles. The number of benzene rings is 1. The predicted molar refractivity (Wildman–Crippen MR) is 98.5 cm³/mol. The fraction of sp³-hybridized carbons (Fsp3) is 0.350. The van der Waals surface area contributed by atoms with Gasteiger partial charge in [0.15, 0.2) is 0 Å². The maximum absolute atomic E-state index is 12.4. The minimum Gasteiger partial charge on any atom is -0.490 e. The van der Waals surface area contributed by atoms with Crippen LogP contribution < -0.4 is 10.1 Å². The Labute approximate surface area is 157 Å². The van der Waals surface area contributed by atoms with E-state index in [1.165, 1.54) is 0 Å².